The van der Waals surface area contributed by atoms with Crippen molar-refractivity contribution in [3.63, 3.8) is 0 Å². The number of imidazole rings is 1. The monoisotopic (exact) mass is 385 g/mol. The predicted molar refractivity (Wildman–Crippen MR) is 110 cm³/mol. The Bertz CT molecular complexity index is 1180. The van der Waals surface area contributed by atoms with Gasteiger partial charge in [-0.1, -0.05) is 48.5 Å². The third-order valence-corrected chi connectivity index (χ3v) is 4.91. The summed E-state index contributed by atoms with van der Waals surface area (Å²) in [5.41, 5.74) is 3.74. The minimum Gasteiger partial charge on any atom is -0.454 e. The molecule has 4 aromatic rings. The number of fused-ring (bicyclic) bond motifs is 2. The Morgan fingerprint density at radius 1 is 0.966 bits per heavy atom. The molecule has 1 amide bonds. The fourth-order valence-corrected chi connectivity index (χ4v) is 3.49. The molecule has 29 heavy (non-hydrogen) atoms. The van der Waals surface area contributed by atoms with Crippen LogP contribution in [-0.4, -0.2) is 22.3 Å². The minimum absolute atomic E-state index is 0.0806. The van der Waals surface area contributed by atoms with Crippen molar-refractivity contribution in [3.05, 3.63) is 78.4 Å². The summed E-state index contributed by atoms with van der Waals surface area (Å²) in [5, 5.41) is 2.99. The number of nitrogens with zero attached hydrogens (tertiary/aromatic N) is 2. The highest BCUT2D eigenvalue weighted by molar-refractivity contribution is 5.84. The summed E-state index contributed by atoms with van der Waals surface area (Å²) in [6.07, 6.45) is 0. The van der Waals surface area contributed by atoms with E-state index in [9.17, 15) is 4.79 Å². The summed E-state index contributed by atoms with van der Waals surface area (Å²) >= 11 is 0. The Hall–Kier alpha value is -3.80. The highest BCUT2D eigenvalue weighted by Crippen LogP contribution is 2.32. The van der Waals surface area contributed by atoms with Crippen molar-refractivity contribution in [1.29, 1.82) is 0 Å². The lowest BCUT2D eigenvalue weighted by Gasteiger charge is -2.10. The molecule has 144 valence electrons. The van der Waals surface area contributed by atoms with E-state index in [1.807, 2.05) is 77.4 Å². The fraction of sp³-hybridized carbons (Fsp3) is 0.130. The van der Waals surface area contributed by atoms with E-state index < -0.39 is 0 Å². The first-order chi connectivity index (χ1) is 14.3. The smallest absolute Gasteiger partial charge is 0.240 e. The van der Waals surface area contributed by atoms with Crippen molar-refractivity contribution in [2.75, 3.05) is 6.79 Å². The zero-order valence-corrected chi connectivity index (χ0v) is 15.7. The standard InChI is InChI=1S/C23H19N3O3/c27-22(24-13-16-10-11-20-21(12-16)29-15-28-20)14-26-19-9-5-4-8-18(19)25-23(26)17-6-2-1-3-7-17/h1-12H,13-15H2,(H,24,27). The molecule has 0 saturated carbocycles. The molecule has 1 aliphatic heterocycles. The van der Waals surface area contributed by atoms with Gasteiger partial charge in [0.1, 0.15) is 12.4 Å². The van der Waals surface area contributed by atoms with Crippen molar-refractivity contribution in [1.82, 2.24) is 14.9 Å². The maximum absolute atomic E-state index is 12.7. The van der Waals surface area contributed by atoms with E-state index in [0.29, 0.717) is 12.3 Å². The lowest BCUT2D eigenvalue weighted by Crippen LogP contribution is -2.27. The molecule has 0 atom stereocenters. The summed E-state index contributed by atoms with van der Waals surface area (Å²) in [6.45, 7) is 0.846. The molecule has 0 fully saturated rings. The molecule has 0 unspecified atom stereocenters. The van der Waals surface area contributed by atoms with Gasteiger partial charge in [0, 0.05) is 12.1 Å². The van der Waals surface area contributed by atoms with E-state index in [0.717, 1.165) is 33.7 Å². The van der Waals surface area contributed by atoms with E-state index in [1.54, 1.807) is 0 Å². The number of hydrogen-bond donors (Lipinski definition) is 1. The number of amides is 1. The van der Waals surface area contributed by atoms with E-state index in [4.69, 9.17) is 14.5 Å². The quantitative estimate of drug-likeness (QED) is 0.568. The second kappa shape index (κ2) is 7.31. The number of carbonyl (C=O) groups is 1. The van der Waals surface area contributed by atoms with Gasteiger partial charge in [-0.05, 0) is 29.8 Å². The molecule has 0 saturated heterocycles. The van der Waals surface area contributed by atoms with E-state index in [1.165, 1.54) is 0 Å². The number of para-hydroxylation sites is 2. The minimum atomic E-state index is -0.0806. The van der Waals surface area contributed by atoms with Gasteiger partial charge in [0.25, 0.3) is 0 Å². The molecule has 0 radical (unpaired) electrons. The molecule has 5 rings (SSSR count). The van der Waals surface area contributed by atoms with Gasteiger partial charge in [-0.15, -0.1) is 0 Å². The topological polar surface area (TPSA) is 65.4 Å². The number of rotatable bonds is 5. The largest absolute Gasteiger partial charge is 0.454 e. The normalized spacial score (nSPS) is 12.3. The van der Waals surface area contributed by atoms with Crippen LogP contribution in [0.25, 0.3) is 22.4 Å². The first-order valence-corrected chi connectivity index (χ1v) is 9.44. The van der Waals surface area contributed by atoms with Crippen LogP contribution in [0.4, 0.5) is 0 Å². The molecule has 3 aromatic carbocycles. The highest BCUT2D eigenvalue weighted by atomic mass is 16.7. The van der Waals surface area contributed by atoms with Crippen molar-refractivity contribution in [2.45, 2.75) is 13.1 Å². The van der Waals surface area contributed by atoms with Crippen molar-refractivity contribution in [3.8, 4) is 22.9 Å². The van der Waals surface area contributed by atoms with Gasteiger partial charge in [0.05, 0.1) is 11.0 Å². The fourth-order valence-electron chi connectivity index (χ4n) is 3.49. The predicted octanol–water partition coefficient (Wildman–Crippen LogP) is 3.75. The number of aromatic nitrogens is 2. The van der Waals surface area contributed by atoms with Crippen LogP contribution in [0.3, 0.4) is 0 Å². The van der Waals surface area contributed by atoms with Crippen LogP contribution in [0.15, 0.2) is 72.8 Å². The van der Waals surface area contributed by atoms with Gasteiger partial charge in [-0.3, -0.25) is 4.79 Å². The average Bonchev–Trinajstić information content (AvgIpc) is 3.37. The molecule has 6 heteroatoms. The molecule has 0 aliphatic carbocycles. The number of carbonyl (C=O) groups excluding carboxylic acids is 1. The van der Waals surface area contributed by atoms with Crippen LogP contribution >= 0.6 is 0 Å². The summed E-state index contributed by atoms with van der Waals surface area (Å²) in [4.78, 5) is 17.5. The lowest BCUT2D eigenvalue weighted by molar-refractivity contribution is -0.121. The highest BCUT2D eigenvalue weighted by Gasteiger charge is 2.16. The molecule has 2 heterocycles. The average molecular weight is 385 g/mol. The Balaban J connectivity index is 1.37. The SMILES string of the molecule is O=C(Cn1c(-c2ccccc2)nc2ccccc21)NCc1ccc2c(c1)OCO2. The number of ether oxygens (including phenoxy) is 2. The van der Waals surface area contributed by atoms with Crippen LogP contribution in [-0.2, 0) is 17.9 Å². The zero-order chi connectivity index (χ0) is 19.6. The third kappa shape index (κ3) is 3.40. The number of hydrogen-bond acceptors (Lipinski definition) is 4. The third-order valence-electron chi connectivity index (χ3n) is 4.91. The Morgan fingerprint density at radius 3 is 2.66 bits per heavy atom. The van der Waals surface area contributed by atoms with E-state index in [-0.39, 0.29) is 19.2 Å². The Kier molecular flexibility index (Phi) is 4.37. The number of nitrogens with one attached hydrogen (secondary N) is 1. The van der Waals surface area contributed by atoms with Crippen LogP contribution in [0, 0.1) is 0 Å². The summed E-state index contributed by atoms with van der Waals surface area (Å²) in [5.74, 6) is 2.15. The van der Waals surface area contributed by atoms with Crippen LogP contribution in [0.1, 0.15) is 5.56 Å². The van der Waals surface area contributed by atoms with Crippen molar-refractivity contribution >= 4 is 16.9 Å². The molecule has 1 N–H and O–H groups in total. The van der Waals surface area contributed by atoms with Gasteiger partial charge in [-0.2, -0.15) is 0 Å². The molecule has 1 aromatic heterocycles. The summed E-state index contributed by atoms with van der Waals surface area (Å²) in [6, 6.07) is 23.5. The maximum Gasteiger partial charge on any atom is 0.240 e. The van der Waals surface area contributed by atoms with Gasteiger partial charge < -0.3 is 19.4 Å². The van der Waals surface area contributed by atoms with E-state index in [2.05, 4.69) is 5.32 Å². The molecule has 0 bridgehead atoms. The first kappa shape index (κ1) is 17.3. The Morgan fingerprint density at radius 2 is 1.76 bits per heavy atom. The zero-order valence-electron chi connectivity index (χ0n) is 15.7. The Labute approximate surface area is 167 Å². The second-order valence-corrected chi connectivity index (χ2v) is 6.84. The summed E-state index contributed by atoms with van der Waals surface area (Å²) in [7, 11) is 0. The van der Waals surface area contributed by atoms with Crippen LogP contribution in [0.2, 0.25) is 0 Å². The lowest BCUT2D eigenvalue weighted by atomic mass is 10.2. The van der Waals surface area contributed by atoms with E-state index >= 15 is 0 Å². The molecular formula is C23H19N3O3. The molecular weight excluding hydrogens is 366 g/mol. The van der Waals surface area contributed by atoms with Gasteiger partial charge in [-0.25, -0.2) is 4.98 Å². The molecule has 1 aliphatic rings. The molecule has 6 nitrogen and oxygen atoms in total. The maximum atomic E-state index is 12.7. The first-order valence-electron chi connectivity index (χ1n) is 9.44. The van der Waals surface area contributed by atoms with Crippen LogP contribution in [0.5, 0.6) is 11.5 Å². The second-order valence-electron chi connectivity index (χ2n) is 6.84. The van der Waals surface area contributed by atoms with Gasteiger partial charge in [0.2, 0.25) is 12.7 Å². The van der Waals surface area contributed by atoms with Crippen molar-refractivity contribution in [2.24, 2.45) is 0 Å². The van der Waals surface area contributed by atoms with Gasteiger partial charge >= 0.3 is 0 Å². The van der Waals surface area contributed by atoms with Crippen molar-refractivity contribution < 1.29 is 14.3 Å². The summed E-state index contributed by atoms with van der Waals surface area (Å²) < 4.78 is 12.7. The van der Waals surface area contributed by atoms with Crippen LogP contribution < -0.4 is 14.8 Å². The molecule has 0 spiro atoms. The number of benzene rings is 3. The van der Waals surface area contributed by atoms with Gasteiger partial charge in [0.15, 0.2) is 11.5 Å².